The van der Waals surface area contributed by atoms with Gasteiger partial charge < -0.3 is 0 Å². The van der Waals surface area contributed by atoms with Gasteiger partial charge in [0.1, 0.15) is 0 Å². The third-order valence-electron chi connectivity index (χ3n) is 6.38. The average Bonchev–Trinajstić information content (AvgIpc) is 2.98. The first kappa shape index (κ1) is 27.0. The Kier molecular flexibility index (Phi) is 13.0. The number of rotatable bonds is 11. The molecular weight excluding hydrogens is 413 g/mol. The van der Waals surface area contributed by atoms with E-state index in [4.69, 9.17) is 0 Å². The molecule has 1 saturated carbocycles. The molecule has 2 atom stereocenters. The Hall–Kier alpha value is 0.951. The summed E-state index contributed by atoms with van der Waals surface area (Å²) < 4.78 is 5.05. The molecule has 2 rings (SSSR count). The molecule has 1 fully saturated rings. The predicted octanol–water partition coefficient (Wildman–Crippen LogP) is 6.89. The van der Waals surface area contributed by atoms with Crippen LogP contribution in [0.1, 0.15) is 77.6 Å². The second-order valence-electron chi connectivity index (χ2n) is 9.37. The van der Waals surface area contributed by atoms with Gasteiger partial charge in [-0.15, -0.1) is 24.8 Å². The predicted molar refractivity (Wildman–Crippen MR) is 124 cm³/mol. The van der Waals surface area contributed by atoms with E-state index in [0.29, 0.717) is 0 Å². The molecule has 0 amide bonds. The number of halogens is 2. The van der Waals surface area contributed by atoms with Gasteiger partial charge >= 0.3 is 154 Å². The second-order valence-corrected chi connectivity index (χ2v) is 28.8. The van der Waals surface area contributed by atoms with Crippen LogP contribution in [0.4, 0.5) is 0 Å². The second kappa shape index (κ2) is 12.5. The zero-order chi connectivity index (χ0) is 17.5. The van der Waals surface area contributed by atoms with Gasteiger partial charge in [0.2, 0.25) is 0 Å². The molecule has 154 valence electrons. The number of nitrogens with one attached hydrogen (secondary N) is 1. The van der Waals surface area contributed by atoms with Crippen molar-refractivity contribution in [2.45, 2.75) is 92.2 Å². The maximum atomic E-state index is 4.16. The van der Waals surface area contributed by atoms with Gasteiger partial charge in [0.05, 0.1) is 0 Å². The standard InChI is InChI=1S/C10H22N.C9H11.2CH3.2ClH.H2Si.Ti/c1-2-3-4-5-6-7-8-9-10-11;1-2-5-9-7-3-6-8(9)4-1;;;;;;/h11H,2-10H2,1H3;1-2,4,6,9H,3,5,7H2;2*1H3;2*1H;1H2;/q-1;;;;;;;+1. The van der Waals surface area contributed by atoms with Crippen molar-refractivity contribution in [2.24, 2.45) is 5.92 Å². The minimum absolute atomic E-state index is 0. The van der Waals surface area contributed by atoms with Crippen LogP contribution in [0.25, 0.3) is 0 Å². The summed E-state index contributed by atoms with van der Waals surface area (Å²) in [6.45, 7) is 3.55. The van der Waals surface area contributed by atoms with Crippen molar-refractivity contribution < 1.29 is 14.3 Å². The first-order valence-electron chi connectivity index (χ1n) is 10.6. The molecule has 0 bridgehead atoms. The number of hydrogen-bond donors (Lipinski definition) is 1. The molecular formula is C21H43Cl2NSiTi. The maximum Gasteiger partial charge on any atom is -0.147 e. The molecule has 0 heterocycles. The fourth-order valence-electron chi connectivity index (χ4n) is 4.79. The Morgan fingerprint density at radius 1 is 1.00 bits per heavy atom. The summed E-state index contributed by atoms with van der Waals surface area (Å²) in [7, 11) is 2.39. The van der Waals surface area contributed by atoms with E-state index >= 15 is 0 Å². The molecule has 1 nitrogen and oxygen atoms in total. The van der Waals surface area contributed by atoms with E-state index in [0.717, 1.165) is 10.1 Å². The zero-order valence-electron chi connectivity index (χ0n) is 17.4. The first-order chi connectivity index (χ1) is 11.4. The summed E-state index contributed by atoms with van der Waals surface area (Å²) >= 11 is -2.52. The molecule has 0 aromatic heterocycles. The average molecular weight is 456 g/mol. The van der Waals surface area contributed by atoms with E-state index in [2.05, 4.69) is 47.0 Å². The molecule has 2 aliphatic carbocycles. The summed E-state index contributed by atoms with van der Waals surface area (Å²) in [5.41, 5.74) is 1.80. The Bertz CT molecular complexity index is 524. The SMILES string of the molecule is CCCCCCCCCC[NH][Ti]([CH3])([CH3])(=[SiH2])[CH]1CCC2CC=CC=C21.Cl.Cl. The van der Waals surface area contributed by atoms with Crippen LogP contribution >= 0.6 is 24.8 Å². The van der Waals surface area contributed by atoms with Crippen molar-refractivity contribution in [1.82, 2.24) is 3.80 Å². The van der Waals surface area contributed by atoms with Crippen molar-refractivity contribution in [2.75, 3.05) is 6.54 Å². The van der Waals surface area contributed by atoms with Crippen molar-refractivity contribution in [3.8, 4) is 0 Å². The molecule has 0 saturated heterocycles. The summed E-state index contributed by atoms with van der Waals surface area (Å²) in [4.78, 5) is 0. The zero-order valence-corrected chi connectivity index (χ0v) is 22.0. The molecule has 26 heavy (non-hydrogen) atoms. The molecule has 0 aromatic carbocycles. The van der Waals surface area contributed by atoms with Crippen LogP contribution in [-0.4, -0.2) is 14.2 Å². The van der Waals surface area contributed by atoms with Crippen molar-refractivity contribution in [3.63, 3.8) is 0 Å². The number of fused-ring (bicyclic) bond motifs is 1. The largest absolute Gasteiger partial charge is 0.147 e. The van der Waals surface area contributed by atoms with Gasteiger partial charge in [-0.3, -0.25) is 0 Å². The summed E-state index contributed by atoms with van der Waals surface area (Å²) in [6, 6.07) is 0. The van der Waals surface area contributed by atoms with E-state index in [9.17, 15) is 0 Å². The summed E-state index contributed by atoms with van der Waals surface area (Å²) in [5.74, 6) is 0.873. The minimum atomic E-state index is -2.52. The molecule has 2 aliphatic rings. The Balaban J connectivity index is 0.00000312. The minimum Gasteiger partial charge on any atom is -0.147 e. The van der Waals surface area contributed by atoms with Crippen LogP contribution in [0.3, 0.4) is 0 Å². The molecule has 0 aromatic rings. The fourth-order valence-corrected chi connectivity index (χ4v) is 13.2. The van der Waals surface area contributed by atoms with Gasteiger partial charge in [0, 0.05) is 0 Å². The molecule has 5 heteroatoms. The quantitative estimate of drug-likeness (QED) is 0.264. The van der Waals surface area contributed by atoms with E-state index in [1.165, 1.54) is 77.2 Å². The Morgan fingerprint density at radius 2 is 1.62 bits per heavy atom. The van der Waals surface area contributed by atoms with Crippen LogP contribution in [0.5, 0.6) is 0 Å². The van der Waals surface area contributed by atoms with Gasteiger partial charge in [-0.05, 0) is 0 Å². The molecule has 0 radical (unpaired) electrons. The fraction of sp³-hybridized carbons (Fsp3) is 0.810. The third-order valence-corrected chi connectivity index (χ3v) is 16.1. The van der Waals surface area contributed by atoms with Gasteiger partial charge in [0.25, 0.3) is 0 Å². The normalized spacial score (nSPS) is 22.2. The van der Waals surface area contributed by atoms with Crippen LogP contribution in [0.15, 0.2) is 23.8 Å². The third kappa shape index (κ3) is 8.13. The molecule has 0 spiro atoms. The van der Waals surface area contributed by atoms with Crippen molar-refractivity contribution >= 4 is 32.4 Å². The van der Waals surface area contributed by atoms with Crippen molar-refractivity contribution in [1.29, 1.82) is 0 Å². The molecule has 1 N–H and O–H groups in total. The molecule has 0 aliphatic heterocycles. The smallest absolute Gasteiger partial charge is 0.147 e. The van der Waals surface area contributed by atoms with Crippen LogP contribution in [0.2, 0.25) is 14.7 Å². The Labute approximate surface area is 178 Å². The van der Waals surface area contributed by atoms with E-state index in [1.807, 2.05) is 0 Å². The van der Waals surface area contributed by atoms with Crippen LogP contribution in [0, 0.1) is 5.92 Å². The maximum absolute atomic E-state index is 4.16. The number of hydrogen-bond acceptors (Lipinski definition) is 1. The number of unbranched alkanes of at least 4 members (excludes halogenated alkanes) is 7. The van der Waals surface area contributed by atoms with Gasteiger partial charge in [-0.2, -0.15) is 0 Å². The van der Waals surface area contributed by atoms with Gasteiger partial charge in [0.15, 0.2) is 0 Å². The van der Waals surface area contributed by atoms with Gasteiger partial charge in [-0.1, -0.05) is 0 Å². The first-order valence-corrected chi connectivity index (χ1v) is 19.4. The topological polar surface area (TPSA) is 12.0 Å². The van der Waals surface area contributed by atoms with Crippen LogP contribution in [-0.2, 0) is 14.3 Å². The van der Waals surface area contributed by atoms with Gasteiger partial charge in [-0.25, -0.2) is 0 Å². The Morgan fingerprint density at radius 3 is 2.27 bits per heavy atom. The number of allylic oxidation sites excluding steroid dienone is 4. The summed E-state index contributed by atoms with van der Waals surface area (Å²) in [6.07, 6.45) is 22.7. The van der Waals surface area contributed by atoms with E-state index < -0.39 is 14.3 Å². The van der Waals surface area contributed by atoms with Crippen molar-refractivity contribution in [3.05, 3.63) is 23.8 Å². The summed E-state index contributed by atoms with van der Waals surface area (Å²) in [5, 5.41) is 5.29. The monoisotopic (exact) mass is 455 g/mol. The van der Waals surface area contributed by atoms with E-state index in [-0.39, 0.29) is 24.8 Å². The van der Waals surface area contributed by atoms with E-state index in [1.54, 1.807) is 5.57 Å². The van der Waals surface area contributed by atoms with Crippen LogP contribution < -0.4 is 3.80 Å². The molecule has 2 unspecified atom stereocenters.